The quantitative estimate of drug-likeness (QED) is 0.791. The van der Waals surface area contributed by atoms with E-state index in [1.807, 2.05) is 19.9 Å². The molecule has 4 nitrogen and oxygen atoms in total. The second-order valence-electron chi connectivity index (χ2n) is 3.44. The average molecular weight is 195 g/mol. The molecule has 0 saturated heterocycles. The molecule has 0 aliphatic rings. The van der Waals surface area contributed by atoms with Crippen molar-refractivity contribution in [2.75, 3.05) is 19.0 Å². The van der Waals surface area contributed by atoms with Gasteiger partial charge in [0.1, 0.15) is 11.6 Å². The van der Waals surface area contributed by atoms with E-state index in [-0.39, 0.29) is 6.04 Å². The topological polar surface area (TPSA) is 47.0 Å². The van der Waals surface area contributed by atoms with Gasteiger partial charge < -0.3 is 10.1 Å². The fourth-order valence-corrected chi connectivity index (χ4v) is 1.34. The molecule has 0 unspecified atom stereocenters. The largest absolute Gasteiger partial charge is 0.383 e. The summed E-state index contributed by atoms with van der Waals surface area (Å²) >= 11 is 0. The Morgan fingerprint density at radius 3 is 2.71 bits per heavy atom. The molecule has 0 fully saturated rings. The Kier molecular flexibility index (Phi) is 3.83. The molecule has 0 amide bonds. The summed E-state index contributed by atoms with van der Waals surface area (Å²) in [5.41, 5.74) is 0.976. The molecule has 0 aliphatic heterocycles. The van der Waals surface area contributed by atoms with Crippen molar-refractivity contribution in [3.05, 3.63) is 17.6 Å². The summed E-state index contributed by atoms with van der Waals surface area (Å²) in [5, 5.41) is 3.25. The number of ether oxygens (including phenoxy) is 1. The summed E-state index contributed by atoms with van der Waals surface area (Å²) in [7, 11) is 1.69. The maximum Gasteiger partial charge on any atom is 0.130 e. The Bertz CT molecular complexity index is 281. The molecule has 1 heterocycles. The van der Waals surface area contributed by atoms with Crippen LogP contribution >= 0.6 is 0 Å². The number of rotatable bonds is 4. The van der Waals surface area contributed by atoms with E-state index >= 15 is 0 Å². The molecule has 1 N–H and O–H groups in total. The van der Waals surface area contributed by atoms with Crippen LogP contribution in [0, 0.1) is 13.8 Å². The summed E-state index contributed by atoms with van der Waals surface area (Å²) < 4.78 is 5.03. The van der Waals surface area contributed by atoms with Crippen LogP contribution in [0.3, 0.4) is 0 Å². The minimum absolute atomic E-state index is 0.258. The first kappa shape index (κ1) is 10.9. The molecular weight excluding hydrogens is 178 g/mol. The van der Waals surface area contributed by atoms with E-state index in [0.29, 0.717) is 6.61 Å². The van der Waals surface area contributed by atoms with Crippen molar-refractivity contribution >= 4 is 5.82 Å². The van der Waals surface area contributed by atoms with Crippen molar-refractivity contribution in [1.82, 2.24) is 9.97 Å². The van der Waals surface area contributed by atoms with E-state index in [2.05, 4.69) is 22.2 Å². The lowest BCUT2D eigenvalue weighted by Crippen LogP contribution is -2.21. The number of hydrogen-bond donors (Lipinski definition) is 1. The fraction of sp³-hybridized carbons (Fsp3) is 0.600. The van der Waals surface area contributed by atoms with Crippen LogP contribution in [-0.4, -0.2) is 29.7 Å². The highest BCUT2D eigenvalue weighted by atomic mass is 16.5. The molecule has 1 atom stereocenters. The smallest absolute Gasteiger partial charge is 0.130 e. The summed E-state index contributed by atoms with van der Waals surface area (Å²) in [4.78, 5) is 8.48. The lowest BCUT2D eigenvalue weighted by Gasteiger charge is -2.13. The SMILES string of the molecule is COC[C@@H](C)Nc1cc(C)nc(C)n1. The molecule has 0 bridgehead atoms. The summed E-state index contributed by atoms with van der Waals surface area (Å²) in [6.45, 7) is 6.57. The van der Waals surface area contributed by atoms with E-state index in [4.69, 9.17) is 4.74 Å². The van der Waals surface area contributed by atoms with Gasteiger partial charge in [0.25, 0.3) is 0 Å². The Labute approximate surface area is 84.7 Å². The third kappa shape index (κ3) is 3.30. The average Bonchev–Trinajstić information content (AvgIpc) is 2.01. The molecule has 0 spiro atoms. The van der Waals surface area contributed by atoms with Crippen molar-refractivity contribution in [1.29, 1.82) is 0 Å². The minimum atomic E-state index is 0.258. The Morgan fingerprint density at radius 2 is 2.14 bits per heavy atom. The molecule has 1 aromatic heterocycles. The van der Waals surface area contributed by atoms with E-state index < -0.39 is 0 Å². The Morgan fingerprint density at radius 1 is 1.43 bits per heavy atom. The highest BCUT2D eigenvalue weighted by molar-refractivity contribution is 5.36. The number of nitrogens with zero attached hydrogens (tertiary/aromatic N) is 2. The van der Waals surface area contributed by atoms with Gasteiger partial charge in [0.15, 0.2) is 0 Å². The van der Waals surface area contributed by atoms with Crippen LogP contribution in [0.25, 0.3) is 0 Å². The zero-order valence-electron chi connectivity index (χ0n) is 9.16. The monoisotopic (exact) mass is 195 g/mol. The molecule has 1 aromatic rings. The van der Waals surface area contributed by atoms with Crippen molar-refractivity contribution in [3.8, 4) is 0 Å². The van der Waals surface area contributed by atoms with E-state index in [0.717, 1.165) is 17.3 Å². The number of methoxy groups -OCH3 is 1. The van der Waals surface area contributed by atoms with Crippen LogP contribution in [0.15, 0.2) is 6.07 Å². The van der Waals surface area contributed by atoms with E-state index in [1.54, 1.807) is 7.11 Å². The van der Waals surface area contributed by atoms with Gasteiger partial charge in [-0.1, -0.05) is 0 Å². The first-order chi connectivity index (χ1) is 6.61. The molecule has 0 radical (unpaired) electrons. The van der Waals surface area contributed by atoms with Gasteiger partial charge >= 0.3 is 0 Å². The standard InChI is InChI=1S/C10H17N3O/c1-7-5-10(13-9(3)11-7)12-8(2)6-14-4/h5,8H,6H2,1-4H3,(H,11,12,13)/t8-/m1/s1. The van der Waals surface area contributed by atoms with Crippen LogP contribution in [-0.2, 0) is 4.74 Å². The summed E-state index contributed by atoms with van der Waals surface area (Å²) in [6.07, 6.45) is 0. The molecular formula is C10H17N3O. The van der Waals surface area contributed by atoms with Crippen molar-refractivity contribution in [3.63, 3.8) is 0 Å². The lowest BCUT2D eigenvalue weighted by molar-refractivity contribution is 0.190. The summed E-state index contributed by atoms with van der Waals surface area (Å²) in [5.74, 6) is 1.65. The first-order valence-electron chi connectivity index (χ1n) is 4.69. The molecule has 0 aliphatic carbocycles. The molecule has 0 aromatic carbocycles. The molecule has 14 heavy (non-hydrogen) atoms. The van der Waals surface area contributed by atoms with Crippen LogP contribution in [0.5, 0.6) is 0 Å². The summed E-state index contributed by atoms with van der Waals surface area (Å²) in [6, 6.07) is 2.19. The number of aromatic nitrogens is 2. The van der Waals surface area contributed by atoms with Gasteiger partial charge in [-0.2, -0.15) is 0 Å². The number of anilines is 1. The molecule has 1 rings (SSSR count). The Hall–Kier alpha value is -1.16. The van der Waals surface area contributed by atoms with Crippen LogP contribution in [0.1, 0.15) is 18.4 Å². The van der Waals surface area contributed by atoms with Gasteiger partial charge in [0.2, 0.25) is 0 Å². The molecule has 0 saturated carbocycles. The van der Waals surface area contributed by atoms with Crippen LogP contribution < -0.4 is 5.32 Å². The van der Waals surface area contributed by atoms with Crippen molar-refractivity contribution in [2.24, 2.45) is 0 Å². The first-order valence-corrected chi connectivity index (χ1v) is 4.69. The van der Waals surface area contributed by atoms with Gasteiger partial charge in [-0.15, -0.1) is 0 Å². The Balaban J connectivity index is 2.66. The zero-order valence-corrected chi connectivity index (χ0v) is 9.16. The van der Waals surface area contributed by atoms with Gasteiger partial charge in [-0.05, 0) is 20.8 Å². The van der Waals surface area contributed by atoms with E-state index in [9.17, 15) is 0 Å². The third-order valence-electron chi connectivity index (χ3n) is 1.78. The van der Waals surface area contributed by atoms with Gasteiger partial charge in [0, 0.05) is 24.9 Å². The van der Waals surface area contributed by atoms with Crippen LogP contribution in [0.4, 0.5) is 5.82 Å². The van der Waals surface area contributed by atoms with Crippen molar-refractivity contribution < 1.29 is 4.74 Å². The van der Waals surface area contributed by atoms with E-state index in [1.165, 1.54) is 0 Å². The molecule has 78 valence electrons. The second-order valence-corrected chi connectivity index (χ2v) is 3.44. The predicted octanol–water partition coefficient (Wildman–Crippen LogP) is 1.54. The van der Waals surface area contributed by atoms with Gasteiger partial charge in [0.05, 0.1) is 6.61 Å². The second kappa shape index (κ2) is 4.91. The fourth-order valence-electron chi connectivity index (χ4n) is 1.34. The molecule has 4 heteroatoms. The van der Waals surface area contributed by atoms with Gasteiger partial charge in [-0.25, -0.2) is 9.97 Å². The lowest BCUT2D eigenvalue weighted by atomic mass is 10.3. The third-order valence-corrected chi connectivity index (χ3v) is 1.78. The maximum atomic E-state index is 5.03. The highest BCUT2D eigenvalue weighted by Gasteiger charge is 2.03. The minimum Gasteiger partial charge on any atom is -0.383 e. The number of nitrogens with one attached hydrogen (secondary N) is 1. The van der Waals surface area contributed by atoms with Gasteiger partial charge in [-0.3, -0.25) is 0 Å². The number of aryl methyl sites for hydroxylation is 2. The highest BCUT2D eigenvalue weighted by Crippen LogP contribution is 2.07. The van der Waals surface area contributed by atoms with Crippen LogP contribution in [0.2, 0.25) is 0 Å². The van der Waals surface area contributed by atoms with Crippen molar-refractivity contribution in [2.45, 2.75) is 26.8 Å². The maximum absolute atomic E-state index is 5.03. The predicted molar refractivity (Wildman–Crippen MR) is 56.5 cm³/mol. The normalized spacial score (nSPS) is 12.6. The zero-order chi connectivity index (χ0) is 10.6. The number of hydrogen-bond acceptors (Lipinski definition) is 4.